The van der Waals surface area contributed by atoms with E-state index in [0.29, 0.717) is 12.0 Å². The van der Waals surface area contributed by atoms with E-state index in [1.807, 2.05) is 51.1 Å². The van der Waals surface area contributed by atoms with Crippen molar-refractivity contribution in [2.45, 2.75) is 37.5 Å². The van der Waals surface area contributed by atoms with Crippen molar-refractivity contribution in [2.24, 2.45) is 0 Å². The Kier molecular flexibility index (Phi) is 4.31. The van der Waals surface area contributed by atoms with Crippen LogP contribution in [0.15, 0.2) is 47.4 Å². The summed E-state index contributed by atoms with van der Waals surface area (Å²) in [5, 5.41) is 10.0. The second-order valence-electron chi connectivity index (χ2n) is 5.80. The number of hydrogen-bond donors (Lipinski definition) is 2. The predicted molar refractivity (Wildman–Crippen MR) is 85.9 cm³/mol. The molecule has 0 saturated heterocycles. The zero-order valence-corrected chi connectivity index (χ0v) is 13.7. The molecule has 4 nitrogen and oxygen atoms in total. The summed E-state index contributed by atoms with van der Waals surface area (Å²) in [5.74, 6) is -0.377. The first-order valence-corrected chi connectivity index (χ1v) is 8.51. The maximum atomic E-state index is 11.5. The summed E-state index contributed by atoms with van der Waals surface area (Å²) in [6, 6.07) is 12.8. The maximum absolute atomic E-state index is 11.5. The lowest BCUT2D eigenvalue weighted by Gasteiger charge is -2.27. The fourth-order valence-corrected chi connectivity index (χ4v) is 3.17. The third-order valence-corrected chi connectivity index (χ3v) is 4.90. The highest BCUT2D eigenvalue weighted by Crippen LogP contribution is 2.37. The summed E-state index contributed by atoms with van der Waals surface area (Å²) >= 11 is 0. The lowest BCUT2D eigenvalue weighted by Crippen LogP contribution is -2.20. The van der Waals surface area contributed by atoms with Gasteiger partial charge in [0.15, 0.2) is 0 Å². The van der Waals surface area contributed by atoms with Crippen molar-refractivity contribution < 1.29 is 18.1 Å². The molecule has 0 aliphatic heterocycles. The molecule has 0 radical (unpaired) electrons. The Labute approximate surface area is 131 Å². The van der Waals surface area contributed by atoms with Crippen LogP contribution in [-0.2, 0) is 22.0 Å². The van der Waals surface area contributed by atoms with E-state index in [1.54, 1.807) is 6.07 Å². The van der Waals surface area contributed by atoms with Gasteiger partial charge in [-0.2, -0.15) is 8.42 Å². The molecule has 0 amide bonds. The first-order valence-electron chi connectivity index (χ1n) is 7.07. The van der Waals surface area contributed by atoms with Crippen molar-refractivity contribution in [1.82, 2.24) is 0 Å². The van der Waals surface area contributed by atoms with Gasteiger partial charge in [-0.05, 0) is 29.2 Å². The summed E-state index contributed by atoms with van der Waals surface area (Å²) in [5.41, 5.74) is 1.78. The molecule has 0 aromatic heterocycles. The minimum atomic E-state index is -4.48. The van der Waals surface area contributed by atoms with Crippen LogP contribution in [0.5, 0.6) is 5.75 Å². The normalized spacial score (nSPS) is 12.4. The highest BCUT2D eigenvalue weighted by Gasteiger charge is 2.27. The Morgan fingerprint density at radius 1 is 1.05 bits per heavy atom. The largest absolute Gasteiger partial charge is 0.506 e. The smallest absolute Gasteiger partial charge is 0.298 e. The van der Waals surface area contributed by atoms with Crippen LogP contribution in [-0.4, -0.2) is 18.1 Å². The van der Waals surface area contributed by atoms with E-state index in [0.717, 1.165) is 11.1 Å². The van der Waals surface area contributed by atoms with Crippen LogP contribution >= 0.6 is 0 Å². The molecule has 0 unspecified atom stereocenters. The quantitative estimate of drug-likeness (QED) is 0.845. The van der Waals surface area contributed by atoms with Crippen molar-refractivity contribution >= 4 is 10.1 Å². The number of phenols is 1. The van der Waals surface area contributed by atoms with Gasteiger partial charge in [0.1, 0.15) is 10.6 Å². The average Bonchev–Trinajstić information content (AvgIpc) is 2.47. The fourth-order valence-electron chi connectivity index (χ4n) is 2.51. The Bertz CT molecular complexity index is 778. The van der Waals surface area contributed by atoms with E-state index in [9.17, 15) is 18.1 Å². The third-order valence-electron chi connectivity index (χ3n) is 4.03. The average molecular weight is 320 g/mol. The number of benzene rings is 2. The summed E-state index contributed by atoms with van der Waals surface area (Å²) in [7, 11) is -4.48. The predicted octanol–water partition coefficient (Wildman–Crippen LogP) is 3.53. The molecule has 0 heterocycles. The Hall–Kier alpha value is -1.85. The van der Waals surface area contributed by atoms with Crippen molar-refractivity contribution in [3.63, 3.8) is 0 Å². The Morgan fingerprint density at radius 2 is 1.64 bits per heavy atom. The van der Waals surface area contributed by atoms with Gasteiger partial charge in [-0.25, -0.2) is 0 Å². The van der Waals surface area contributed by atoms with Crippen LogP contribution in [0.1, 0.15) is 37.5 Å². The van der Waals surface area contributed by atoms with E-state index < -0.39 is 20.4 Å². The lowest BCUT2D eigenvalue weighted by atomic mass is 9.77. The standard InChI is InChI=1S/C17H20O4S/c1-4-12-10-14(11-15(16(12)18)22(19,20)21)17(2,3)13-8-6-5-7-9-13/h5-11,18H,4H2,1-3H3,(H,19,20,21). The van der Waals surface area contributed by atoms with Crippen molar-refractivity contribution in [3.8, 4) is 5.75 Å². The Balaban J connectivity index is 2.71. The molecule has 118 valence electrons. The second-order valence-corrected chi connectivity index (χ2v) is 7.19. The molecule has 22 heavy (non-hydrogen) atoms. The molecule has 5 heteroatoms. The minimum Gasteiger partial charge on any atom is -0.506 e. The fraction of sp³-hybridized carbons (Fsp3) is 0.294. The topological polar surface area (TPSA) is 74.6 Å². The molecule has 2 aromatic rings. The van der Waals surface area contributed by atoms with Crippen LogP contribution in [0.2, 0.25) is 0 Å². The maximum Gasteiger partial charge on any atom is 0.298 e. The molecule has 0 saturated carbocycles. The number of aryl methyl sites for hydroxylation is 1. The van der Waals surface area contributed by atoms with E-state index in [4.69, 9.17) is 0 Å². The van der Waals surface area contributed by atoms with Crippen LogP contribution in [0, 0.1) is 0 Å². The SMILES string of the molecule is CCc1cc(C(C)(C)c2ccccc2)cc(S(=O)(=O)O)c1O. The van der Waals surface area contributed by atoms with Gasteiger partial charge in [-0.3, -0.25) is 4.55 Å². The van der Waals surface area contributed by atoms with Crippen molar-refractivity contribution in [3.05, 3.63) is 59.2 Å². The van der Waals surface area contributed by atoms with Gasteiger partial charge in [-0.1, -0.05) is 57.2 Å². The van der Waals surface area contributed by atoms with Crippen molar-refractivity contribution in [1.29, 1.82) is 0 Å². The first-order chi connectivity index (χ1) is 10.2. The van der Waals surface area contributed by atoms with Gasteiger partial charge in [0.2, 0.25) is 0 Å². The van der Waals surface area contributed by atoms with Crippen LogP contribution in [0.4, 0.5) is 0 Å². The number of aromatic hydroxyl groups is 1. The number of rotatable bonds is 4. The summed E-state index contributed by atoms with van der Waals surface area (Å²) in [4.78, 5) is -0.439. The lowest BCUT2D eigenvalue weighted by molar-refractivity contribution is 0.437. The molecular formula is C17H20O4S. The van der Waals surface area contributed by atoms with Gasteiger partial charge in [-0.15, -0.1) is 0 Å². The molecule has 0 aliphatic carbocycles. The number of hydrogen-bond acceptors (Lipinski definition) is 3. The zero-order chi connectivity index (χ0) is 16.5. The summed E-state index contributed by atoms with van der Waals surface area (Å²) < 4.78 is 32.4. The van der Waals surface area contributed by atoms with Gasteiger partial charge in [0.05, 0.1) is 0 Å². The summed E-state index contributed by atoms with van der Waals surface area (Å²) in [6.45, 7) is 5.77. The molecule has 0 aliphatic rings. The van der Waals surface area contributed by atoms with E-state index in [1.165, 1.54) is 6.07 Å². The van der Waals surface area contributed by atoms with E-state index in [2.05, 4.69) is 0 Å². The zero-order valence-electron chi connectivity index (χ0n) is 12.9. The molecule has 0 bridgehead atoms. The third kappa shape index (κ3) is 3.00. The minimum absolute atomic E-state index is 0.377. The van der Waals surface area contributed by atoms with E-state index >= 15 is 0 Å². The monoisotopic (exact) mass is 320 g/mol. The molecule has 2 aromatic carbocycles. The van der Waals surface area contributed by atoms with Crippen LogP contribution < -0.4 is 0 Å². The van der Waals surface area contributed by atoms with Crippen molar-refractivity contribution in [2.75, 3.05) is 0 Å². The first kappa shape index (κ1) is 16.5. The van der Waals surface area contributed by atoms with Gasteiger partial charge in [0, 0.05) is 5.41 Å². The summed E-state index contributed by atoms with van der Waals surface area (Å²) in [6.07, 6.45) is 0.465. The molecule has 0 spiro atoms. The highest BCUT2D eigenvalue weighted by atomic mass is 32.2. The van der Waals surface area contributed by atoms with Gasteiger partial charge < -0.3 is 5.11 Å². The Morgan fingerprint density at radius 3 is 2.14 bits per heavy atom. The molecule has 0 fully saturated rings. The van der Waals surface area contributed by atoms with E-state index in [-0.39, 0.29) is 5.75 Å². The van der Waals surface area contributed by atoms with Crippen LogP contribution in [0.25, 0.3) is 0 Å². The van der Waals surface area contributed by atoms with Gasteiger partial charge in [0.25, 0.3) is 10.1 Å². The van der Waals surface area contributed by atoms with Gasteiger partial charge >= 0.3 is 0 Å². The molecular weight excluding hydrogens is 300 g/mol. The molecule has 0 atom stereocenters. The number of phenolic OH excluding ortho intramolecular Hbond substituents is 1. The molecule has 2 rings (SSSR count). The second kappa shape index (κ2) is 5.74. The van der Waals surface area contributed by atoms with Crippen LogP contribution in [0.3, 0.4) is 0 Å². The highest BCUT2D eigenvalue weighted by molar-refractivity contribution is 7.86. The molecule has 2 N–H and O–H groups in total.